The molecule has 34 heavy (non-hydrogen) atoms. The van der Waals surface area contributed by atoms with Gasteiger partial charge in [-0.05, 0) is 48.9 Å². The number of rotatable bonds is 6. The predicted octanol–water partition coefficient (Wildman–Crippen LogP) is 5.82. The Morgan fingerprint density at radius 2 is 1.79 bits per heavy atom. The van der Waals surface area contributed by atoms with E-state index in [0.717, 1.165) is 27.9 Å². The molecule has 2 heterocycles. The third-order valence-corrected chi connectivity index (χ3v) is 5.36. The molecule has 0 atom stereocenters. The smallest absolute Gasteiger partial charge is 0.273 e. The zero-order valence-corrected chi connectivity index (χ0v) is 18.8. The maximum absolute atomic E-state index is 12.6. The van der Waals surface area contributed by atoms with E-state index in [2.05, 4.69) is 20.6 Å². The zero-order valence-electron chi connectivity index (χ0n) is 18.8. The minimum absolute atomic E-state index is 0.227. The van der Waals surface area contributed by atoms with Crippen LogP contribution in [0.2, 0.25) is 0 Å². The van der Waals surface area contributed by atoms with Crippen molar-refractivity contribution in [1.82, 2.24) is 20.0 Å². The number of hydrogen-bond donors (Lipinski definition) is 2. The van der Waals surface area contributed by atoms with Gasteiger partial charge in [-0.25, -0.2) is 0 Å². The monoisotopic (exact) mass is 449 g/mol. The first-order valence-corrected chi connectivity index (χ1v) is 10.9. The molecule has 3 aromatic carbocycles. The summed E-state index contributed by atoms with van der Waals surface area (Å²) in [5, 5.41) is 15.6. The van der Waals surface area contributed by atoms with Crippen molar-refractivity contribution < 1.29 is 9.53 Å². The molecule has 168 valence electrons. The van der Waals surface area contributed by atoms with Crippen LogP contribution in [0.3, 0.4) is 0 Å². The number of amides is 1. The van der Waals surface area contributed by atoms with Gasteiger partial charge in [-0.2, -0.15) is 10.2 Å². The highest BCUT2D eigenvalue weighted by Gasteiger charge is 2.12. The minimum Gasteiger partial charge on any atom is -0.457 e. The van der Waals surface area contributed by atoms with Gasteiger partial charge >= 0.3 is 0 Å². The molecule has 0 spiro atoms. The number of H-pyrrole nitrogens is 1. The molecule has 7 heteroatoms. The van der Waals surface area contributed by atoms with Crippen molar-refractivity contribution in [2.45, 2.75) is 6.92 Å². The van der Waals surface area contributed by atoms with Crippen molar-refractivity contribution in [3.05, 3.63) is 102 Å². The lowest BCUT2D eigenvalue weighted by Crippen LogP contribution is -2.16. The molecule has 5 aromatic rings. The number of ether oxygens (including phenoxy) is 1. The second kappa shape index (κ2) is 9.07. The highest BCUT2D eigenvalue weighted by atomic mass is 16.5. The Morgan fingerprint density at radius 3 is 2.59 bits per heavy atom. The summed E-state index contributed by atoms with van der Waals surface area (Å²) in [4.78, 5) is 12.6. The molecule has 7 nitrogen and oxygen atoms in total. The standard InChI is InChI=1S/C27H23N5O2/c1-18-15-26(32(2)31-18)27(33)28-20-9-6-10-21(16-20)34-22-12-13-23-24(29-30-25(23)17-22)14-11-19-7-4-3-5-8-19/h3-17H,1-2H3,(H,28,33)(H,29,30)/b14-11+. The maximum Gasteiger partial charge on any atom is 0.273 e. The average Bonchev–Trinajstić information content (AvgIpc) is 3.40. The van der Waals surface area contributed by atoms with Gasteiger partial charge in [0.2, 0.25) is 0 Å². The lowest BCUT2D eigenvalue weighted by atomic mass is 10.1. The molecule has 1 amide bonds. The van der Waals surface area contributed by atoms with Crippen LogP contribution in [0.25, 0.3) is 23.1 Å². The van der Waals surface area contributed by atoms with Crippen LogP contribution >= 0.6 is 0 Å². The Balaban J connectivity index is 1.31. The van der Waals surface area contributed by atoms with Crippen molar-refractivity contribution >= 4 is 34.6 Å². The summed E-state index contributed by atoms with van der Waals surface area (Å²) in [5.74, 6) is 1.05. The van der Waals surface area contributed by atoms with Gasteiger partial charge in [-0.1, -0.05) is 42.5 Å². The van der Waals surface area contributed by atoms with Gasteiger partial charge < -0.3 is 10.1 Å². The summed E-state index contributed by atoms with van der Waals surface area (Å²) >= 11 is 0. The number of aryl methyl sites for hydroxylation is 2. The predicted molar refractivity (Wildman–Crippen MR) is 134 cm³/mol. The normalized spacial score (nSPS) is 11.2. The first-order valence-electron chi connectivity index (χ1n) is 10.9. The number of aromatic nitrogens is 4. The number of benzene rings is 3. The number of nitrogens with one attached hydrogen (secondary N) is 2. The molecular weight excluding hydrogens is 426 g/mol. The molecule has 0 aliphatic carbocycles. The second-order valence-corrected chi connectivity index (χ2v) is 7.94. The molecule has 2 aromatic heterocycles. The third-order valence-electron chi connectivity index (χ3n) is 5.36. The van der Waals surface area contributed by atoms with Crippen LogP contribution in [0.5, 0.6) is 11.5 Å². The first kappa shape index (κ1) is 21.2. The number of nitrogens with zero attached hydrogens (tertiary/aromatic N) is 3. The van der Waals surface area contributed by atoms with Crippen LogP contribution in [-0.4, -0.2) is 25.9 Å². The molecule has 0 radical (unpaired) electrons. The Bertz CT molecular complexity index is 1500. The maximum atomic E-state index is 12.6. The molecule has 0 aliphatic heterocycles. The molecular formula is C27H23N5O2. The zero-order chi connectivity index (χ0) is 23.5. The average molecular weight is 450 g/mol. The number of carbonyl (C=O) groups excluding carboxylic acids is 1. The molecule has 0 unspecified atom stereocenters. The molecule has 5 rings (SSSR count). The Hall–Kier alpha value is -4.65. The van der Waals surface area contributed by atoms with Gasteiger partial charge in [-0.3, -0.25) is 14.6 Å². The molecule has 0 fully saturated rings. The van der Waals surface area contributed by atoms with E-state index in [1.165, 1.54) is 0 Å². The number of fused-ring (bicyclic) bond motifs is 1. The third kappa shape index (κ3) is 4.59. The van der Waals surface area contributed by atoms with Crippen molar-refractivity contribution in [2.75, 3.05) is 5.32 Å². The quantitative estimate of drug-likeness (QED) is 0.342. The van der Waals surface area contributed by atoms with E-state index in [0.29, 0.717) is 22.9 Å². The van der Waals surface area contributed by atoms with E-state index in [4.69, 9.17) is 4.74 Å². The minimum atomic E-state index is -0.227. The number of carbonyl (C=O) groups is 1. The summed E-state index contributed by atoms with van der Waals surface area (Å²) in [7, 11) is 1.75. The lowest BCUT2D eigenvalue weighted by Gasteiger charge is -2.09. The molecule has 2 N–H and O–H groups in total. The van der Waals surface area contributed by atoms with Crippen LogP contribution in [0.1, 0.15) is 27.4 Å². The fourth-order valence-electron chi connectivity index (χ4n) is 3.74. The second-order valence-electron chi connectivity index (χ2n) is 7.94. The van der Waals surface area contributed by atoms with Gasteiger partial charge in [0.25, 0.3) is 5.91 Å². The van der Waals surface area contributed by atoms with Crippen molar-refractivity contribution in [3.63, 3.8) is 0 Å². The van der Waals surface area contributed by atoms with Crippen LogP contribution in [0, 0.1) is 6.92 Å². The van der Waals surface area contributed by atoms with Crippen LogP contribution < -0.4 is 10.1 Å². The lowest BCUT2D eigenvalue weighted by molar-refractivity contribution is 0.101. The van der Waals surface area contributed by atoms with E-state index < -0.39 is 0 Å². The summed E-state index contributed by atoms with van der Waals surface area (Å²) in [6.45, 7) is 1.85. The molecule has 0 bridgehead atoms. The van der Waals surface area contributed by atoms with Gasteiger partial charge in [0.05, 0.1) is 16.9 Å². The summed E-state index contributed by atoms with van der Waals surface area (Å²) < 4.78 is 7.61. The largest absolute Gasteiger partial charge is 0.457 e. The topological polar surface area (TPSA) is 84.8 Å². The van der Waals surface area contributed by atoms with E-state index in [1.54, 1.807) is 23.9 Å². The van der Waals surface area contributed by atoms with Crippen LogP contribution in [0.4, 0.5) is 5.69 Å². The van der Waals surface area contributed by atoms with Crippen LogP contribution in [0.15, 0.2) is 78.9 Å². The van der Waals surface area contributed by atoms with Crippen LogP contribution in [-0.2, 0) is 7.05 Å². The van der Waals surface area contributed by atoms with E-state index in [-0.39, 0.29) is 5.91 Å². The van der Waals surface area contributed by atoms with E-state index >= 15 is 0 Å². The van der Waals surface area contributed by atoms with Crippen molar-refractivity contribution in [2.24, 2.45) is 7.05 Å². The van der Waals surface area contributed by atoms with Crippen molar-refractivity contribution in [1.29, 1.82) is 0 Å². The summed E-state index contributed by atoms with van der Waals surface area (Å²) in [6, 6.07) is 24.9. The molecule has 0 saturated heterocycles. The number of hydrogen-bond acceptors (Lipinski definition) is 4. The van der Waals surface area contributed by atoms with E-state index in [9.17, 15) is 4.79 Å². The first-order chi connectivity index (χ1) is 16.5. The number of aromatic amines is 1. The Morgan fingerprint density at radius 1 is 0.971 bits per heavy atom. The highest BCUT2D eigenvalue weighted by molar-refractivity contribution is 6.03. The van der Waals surface area contributed by atoms with Gasteiger partial charge in [0, 0.05) is 30.3 Å². The summed E-state index contributed by atoms with van der Waals surface area (Å²) in [5.41, 5.74) is 4.77. The summed E-state index contributed by atoms with van der Waals surface area (Å²) in [6.07, 6.45) is 4.03. The SMILES string of the molecule is Cc1cc(C(=O)Nc2cccc(Oc3ccc4c(/C=C/c5ccccc5)n[nH]c4c3)c2)n(C)n1. The fraction of sp³-hybridized carbons (Fsp3) is 0.0741. The van der Waals surface area contributed by atoms with E-state index in [1.807, 2.05) is 85.8 Å². The van der Waals surface area contributed by atoms with Gasteiger partial charge in [0.1, 0.15) is 17.2 Å². The Kier molecular flexibility index (Phi) is 5.66. The van der Waals surface area contributed by atoms with Gasteiger partial charge in [0.15, 0.2) is 0 Å². The Labute approximate surface area is 196 Å². The highest BCUT2D eigenvalue weighted by Crippen LogP contribution is 2.28. The molecule has 0 saturated carbocycles. The fourth-order valence-corrected chi connectivity index (χ4v) is 3.74. The van der Waals surface area contributed by atoms with Crippen molar-refractivity contribution in [3.8, 4) is 11.5 Å². The molecule has 0 aliphatic rings. The van der Waals surface area contributed by atoms with Gasteiger partial charge in [-0.15, -0.1) is 0 Å². The number of anilines is 1.